The third kappa shape index (κ3) is 3.80. The smallest absolute Gasteiger partial charge is 0.308 e. The third-order valence-corrected chi connectivity index (χ3v) is 2.15. The van der Waals surface area contributed by atoms with Gasteiger partial charge in [-0.05, 0) is 19.1 Å². The van der Waals surface area contributed by atoms with Crippen LogP contribution in [0.3, 0.4) is 0 Å². The molecule has 0 aromatic heterocycles. The Balaban J connectivity index is 3.42. The molecule has 0 heterocycles. The Hall–Kier alpha value is -2.37. The predicted molar refractivity (Wildman–Crippen MR) is 65.6 cm³/mol. The molecule has 0 aliphatic carbocycles. The summed E-state index contributed by atoms with van der Waals surface area (Å²) in [5, 5.41) is 0. The first-order chi connectivity index (χ1) is 8.85. The van der Waals surface area contributed by atoms with Gasteiger partial charge >= 0.3 is 11.9 Å². The largest absolute Gasteiger partial charge is 0.493 e. The zero-order chi connectivity index (χ0) is 14.6. The molecule has 0 atom stereocenters. The average molecular weight is 266 g/mol. The van der Waals surface area contributed by atoms with E-state index in [4.69, 9.17) is 14.2 Å². The molecule has 102 valence electrons. The van der Waals surface area contributed by atoms with E-state index in [2.05, 4.69) is 0 Å². The Kier molecular flexibility index (Phi) is 4.63. The van der Waals surface area contributed by atoms with E-state index in [0.29, 0.717) is 0 Å². The second kappa shape index (κ2) is 5.99. The predicted octanol–water partition coefficient (Wildman–Crippen LogP) is 1.75. The van der Waals surface area contributed by atoms with Crippen molar-refractivity contribution < 1.29 is 28.6 Å². The van der Waals surface area contributed by atoms with Crippen LogP contribution in [0.1, 0.15) is 31.1 Å². The normalized spacial score (nSPS) is 9.68. The van der Waals surface area contributed by atoms with Crippen LogP contribution in [0.15, 0.2) is 12.1 Å². The molecule has 0 aliphatic heterocycles. The molecule has 19 heavy (non-hydrogen) atoms. The van der Waals surface area contributed by atoms with Crippen LogP contribution in [0.4, 0.5) is 0 Å². The highest BCUT2D eigenvalue weighted by atomic mass is 16.6. The van der Waals surface area contributed by atoms with E-state index in [-0.39, 0.29) is 28.6 Å². The highest BCUT2D eigenvalue weighted by molar-refractivity contribution is 5.96. The number of ketones is 1. The molecule has 6 nitrogen and oxygen atoms in total. The van der Waals surface area contributed by atoms with Gasteiger partial charge < -0.3 is 14.2 Å². The molecule has 1 rings (SSSR count). The number of ether oxygens (including phenoxy) is 3. The summed E-state index contributed by atoms with van der Waals surface area (Å²) in [7, 11) is 1.35. The van der Waals surface area contributed by atoms with Gasteiger partial charge in [-0.1, -0.05) is 0 Å². The molecule has 1 aromatic carbocycles. The first kappa shape index (κ1) is 14.7. The molecule has 0 fully saturated rings. The lowest BCUT2D eigenvalue weighted by molar-refractivity contribution is -0.134. The van der Waals surface area contributed by atoms with Crippen molar-refractivity contribution in [2.24, 2.45) is 0 Å². The second-order valence-corrected chi connectivity index (χ2v) is 3.75. The van der Waals surface area contributed by atoms with Crippen LogP contribution >= 0.6 is 0 Å². The molecule has 0 spiro atoms. The lowest BCUT2D eigenvalue weighted by Gasteiger charge is -2.13. The minimum absolute atomic E-state index is 0.0322. The van der Waals surface area contributed by atoms with Gasteiger partial charge in [0.1, 0.15) is 0 Å². The van der Waals surface area contributed by atoms with Gasteiger partial charge in [-0.15, -0.1) is 0 Å². The van der Waals surface area contributed by atoms with Gasteiger partial charge in [-0.2, -0.15) is 0 Å². The summed E-state index contributed by atoms with van der Waals surface area (Å²) in [4.78, 5) is 33.5. The number of esters is 2. The van der Waals surface area contributed by atoms with Crippen molar-refractivity contribution in [2.75, 3.05) is 7.11 Å². The summed E-state index contributed by atoms with van der Waals surface area (Å²) in [5.41, 5.74) is 0.281. The average Bonchev–Trinajstić information content (AvgIpc) is 2.29. The Bertz CT molecular complexity index is 532. The van der Waals surface area contributed by atoms with Crippen molar-refractivity contribution in [1.82, 2.24) is 0 Å². The van der Waals surface area contributed by atoms with E-state index in [1.165, 1.54) is 40.0 Å². The summed E-state index contributed by atoms with van der Waals surface area (Å²) in [6.07, 6.45) is 0. The summed E-state index contributed by atoms with van der Waals surface area (Å²) in [6.45, 7) is 3.76. The minimum Gasteiger partial charge on any atom is -0.493 e. The number of Topliss-reactive ketones (excluding diaryl/α,β-unsaturated/α-hetero) is 1. The topological polar surface area (TPSA) is 78.9 Å². The lowest BCUT2D eigenvalue weighted by Crippen LogP contribution is -2.09. The highest BCUT2D eigenvalue weighted by Gasteiger charge is 2.19. The molecule has 0 bridgehead atoms. The van der Waals surface area contributed by atoms with Gasteiger partial charge in [0.2, 0.25) is 5.75 Å². The third-order valence-electron chi connectivity index (χ3n) is 2.15. The summed E-state index contributed by atoms with van der Waals surface area (Å²) in [5.74, 6) is -1.36. The molecule has 0 saturated heterocycles. The van der Waals surface area contributed by atoms with Crippen molar-refractivity contribution in [2.45, 2.75) is 20.8 Å². The maximum atomic E-state index is 11.4. The molecule has 0 N–H and O–H groups in total. The first-order valence-electron chi connectivity index (χ1n) is 5.45. The van der Waals surface area contributed by atoms with E-state index >= 15 is 0 Å². The van der Waals surface area contributed by atoms with E-state index in [1.54, 1.807) is 0 Å². The van der Waals surface area contributed by atoms with Crippen molar-refractivity contribution in [1.29, 1.82) is 0 Å². The van der Waals surface area contributed by atoms with Gasteiger partial charge in [-0.25, -0.2) is 0 Å². The van der Waals surface area contributed by atoms with Gasteiger partial charge in [0.15, 0.2) is 17.3 Å². The number of hydrogen-bond acceptors (Lipinski definition) is 6. The van der Waals surface area contributed by atoms with Crippen LogP contribution in [0.5, 0.6) is 17.2 Å². The molecule has 0 amide bonds. The minimum atomic E-state index is -0.601. The van der Waals surface area contributed by atoms with Crippen LogP contribution in [0, 0.1) is 0 Å². The summed E-state index contributed by atoms with van der Waals surface area (Å²) in [6, 6.07) is 2.73. The summed E-state index contributed by atoms with van der Waals surface area (Å²) < 4.78 is 14.9. The molecule has 0 radical (unpaired) electrons. The van der Waals surface area contributed by atoms with E-state index in [1.807, 2.05) is 0 Å². The number of methoxy groups -OCH3 is 1. The molecule has 0 unspecified atom stereocenters. The Morgan fingerprint density at radius 3 is 1.84 bits per heavy atom. The fraction of sp³-hybridized carbons (Fsp3) is 0.308. The molecular weight excluding hydrogens is 252 g/mol. The Morgan fingerprint density at radius 2 is 1.42 bits per heavy atom. The molecular formula is C13H14O6. The van der Waals surface area contributed by atoms with Gasteiger partial charge in [-0.3, -0.25) is 14.4 Å². The monoisotopic (exact) mass is 266 g/mol. The molecule has 0 saturated carbocycles. The van der Waals surface area contributed by atoms with E-state index in [0.717, 1.165) is 0 Å². The number of hydrogen-bond donors (Lipinski definition) is 0. The Labute approximate surface area is 110 Å². The number of carbonyl (C=O) groups is 3. The van der Waals surface area contributed by atoms with Gasteiger partial charge in [0.05, 0.1) is 7.11 Å². The SMILES string of the molecule is COc1cc(C(C)=O)cc(OC(C)=O)c1OC(C)=O. The molecule has 6 heteroatoms. The second-order valence-electron chi connectivity index (χ2n) is 3.75. The number of rotatable bonds is 4. The van der Waals surface area contributed by atoms with Gasteiger partial charge in [0, 0.05) is 19.4 Å². The van der Waals surface area contributed by atoms with Crippen molar-refractivity contribution >= 4 is 17.7 Å². The van der Waals surface area contributed by atoms with Crippen LogP contribution in [-0.2, 0) is 9.59 Å². The van der Waals surface area contributed by atoms with Crippen molar-refractivity contribution in [3.63, 3.8) is 0 Å². The van der Waals surface area contributed by atoms with E-state index < -0.39 is 11.9 Å². The molecule has 1 aromatic rings. The summed E-state index contributed by atoms with van der Waals surface area (Å²) >= 11 is 0. The van der Waals surface area contributed by atoms with Gasteiger partial charge in [0.25, 0.3) is 0 Å². The maximum Gasteiger partial charge on any atom is 0.308 e. The van der Waals surface area contributed by atoms with Crippen LogP contribution in [-0.4, -0.2) is 24.8 Å². The number of carbonyl (C=O) groups excluding carboxylic acids is 3. The standard InChI is InChI=1S/C13H14O6/c1-7(14)10-5-11(17-4)13(19-9(3)16)12(6-10)18-8(2)15/h5-6H,1-4H3. The van der Waals surface area contributed by atoms with Crippen molar-refractivity contribution in [3.05, 3.63) is 17.7 Å². The number of benzene rings is 1. The Morgan fingerprint density at radius 1 is 0.895 bits per heavy atom. The fourth-order valence-electron chi connectivity index (χ4n) is 1.41. The zero-order valence-electron chi connectivity index (χ0n) is 11.1. The highest BCUT2D eigenvalue weighted by Crippen LogP contribution is 2.39. The van der Waals surface area contributed by atoms with E-state index in [9.17, 15) is 14.4 Å². The maximum absolute atomic E-state index is 11.4. The van der Waals surface area contributed by atoms with Crippen molar-refractivity contribution in [3.8, 4) is 17.2 Å². The quantitative estimate of drug-likeness (QED) is 0.469. The fourth-order valence-corrected chi connectivity index (χ4v) is 1.41. The molecule has 0 aliphatic rings. The zero-order valence-corrected chi connectivity index (χ0v) is 11.1. The van der Waals surface area contributed by atoms with Crippen LogP contribution in [0.25, 0.3) is 0 Å². The van der Waals surface area contributed by atoms with Crippen LogP contribution < -0.4 is 14.2 Å². The first-order valence-corrected chi connectivity index (χ1v) is 5.45. The lowest BCUT2D eigenvalue weighted by atomic mass is 10.1. The van der Waals surface area contributed by atoms with Crippen LogP contribution in [0.2, 0.25) is 0 Å².